The fourth-order valence-electron chi connectivity index (χ4n) is 4.92. The van der Waals surface area contributed by atoms with Crippen molar-refractivity contribution in [2.75, 3.05) is 0 Å². The molecule has 5 rings (SSSR count). The molecule has 0 unspecified atom stereocenters. The van der Waals surface area contributed by atoms with Crippen LogP contribution in [0.4, 0.5) is 4.79 Å². The summed E-state index contributed by atoms with van der Waals surface area (Å²) in [4.78, 5) is 19.3. The van der Waals surface area contributed by atoms with Crippen molar-refractivity contribution in [3.8, 4) is 5.69 Å². The zero-order valence-corrected chi connectivity index (χ0v) is 22.7. The smallest absolute Gasteiger partial charge is 0.411 e. The highest BCUT2D eigenvalue weighted by Crippen LogP contribution is 2.43. The van der Waals surface area contributed by atoms with Gasteiger partial charge in [-0.1, -0.05) is 23.2 Å². The van der Waals surface area contributed by atoms with Crippen LogP contribution >= 0.6 is 34.5 Å². The van der Waals surface area contributed by atoms with Crippen LogP contribution in [0.5, 0.6) is 0 Å². The maximum atomic E-state index is 13.0. The Bertz CT molecular complexity index is 1240. The van der Waals surface area contributed by atoms with E-state index in [0.717, 1.165) is 63.6 Å². The second-order valence-electron chi connectivity index (χ2n) is 10.4. The lowest BCUT2D eigenvalue weighted by Gasteiger charge is -2.27. The number of ether oxygens (including phenoxy) is 1. The second-order valence-corrected chi connectivity index (χ2v) is 12.4. The summed E-state index contributed by atoms with van der Waals surface area (Å²) >= 11 is 14.2. The fraction of sp³-hybridized carbons (Fsp3) is 0.520. The van der Waals surface area contributed by atoms with Crippen LogP contribution in [0.25, 0.3) is 5.69 Å². The fourth-order valence-corrected chi connectivity index (χ4v) is 6.35. The van der Waals surface area contributed by atoms with Crippen molar-refractivity contribution in [3.05, 3.63) is 55.5 Å². The quantitative estimate of drug-likeness (QED) is 0.353. The first-order valence-corrected chi connectivity index (χ1v) is 13.5. The van der Waals surface area contributed by atoms with Crippen LogP contribution in [0.1, 0.15) is 86.2 Å². The summed E-state index contributed by atoms with van der Waals surface area (Å²) < 4.78 is 8.58. The van der Waals surface area contributed by atoms with E-state index in [0.29, 0.717) is 24.0 Å². The number of hydrogen-bond donors (Lipinski definition) is 0. The lowest BCUT2D eigenvalue weighted by atomic mass is 9.82. The van der Waals surface area contributed by atoms with E-state index in [2.05, 4.69) is 19.7 Å². The minimum Gasteiger partial charge on any atom is -0.444 e. The molecule has 2 aromatic heterocycles. The number of benzene rings is 1. The van der Waals surface area contributed by atoms with Crippen molar-refractivity contribution in [2.45, 2.75) is 83.9 Å². The molecular weight excluding hydrogens is 505 g/mol. The number of fused-ring (bicyclic) bond motifs is 3. The molecule has 0 spiro atoms. The van der Waals surface area contributed by atoms with Crippen LogP contribution in [0.2, 0.25) is 9.36 Å². The van der Waals surface area contributed by atoms with Gasteiger partial charge in [0.15, 0.2) is 5.82 Å². The third-order valence-corrected chi connectivity index (χ3v) is 8.43. The largest absolute Gasteiger partial charge is 0.444 e. The molecule has 3 aromatic rings. The molecule has 1 aromatic carbocycles. The molecule has 0 saturated heterocycles. The molecule has 1 aliphatic heterocycles. The number of rotatable bonds is 2. The molecule has 10 heteroatoms. The van der Waals surface area contributed by atoms with Crippen LogP contribution in [0, 0.1) is 6.92 Å². The normalized spacial score (nSPS) is 20.2. The summed E-state index contributed by atoms with van der Waals surface area (Å²) in [6.07, 6.45) is 3.69. The summed E-state index contributed by atoms with van der Waals surface area (Å²) in [6.45, 7) is 8.27. The number of nitrogens with zero attached hydrogens (tertiary/aromatic N) is 5. The lowest BCUT2D eigenvalue weighted by molar-refractivity contribution is 0.0214. The summed E-state index contributed by atoms with van der Waals surface area (Å²) in [5.74, 6) is 2.39. The number of aryl methyl sites for hydroxylation is 1. The lowest BCUT2D eigenvalue weighted by Crippen LogP contribution is -2.35. The van der Waals surface area contributed by atoms with E-state index in [1.807, 2.05) is 45.9 Å². The van der Waals surface area contributed by atoms with E-state index in [9.17, 15) is 4.79 Å². The number of hydrogen-bond acceptors (Lipinski definition) is 6. The van der Waals surface area contributed by atoms with E-state index in [1.54, 1.807) is 16.2 Å². The molecule has 7 nitrogen and oxygen atoms in total. The highest BCUT2D eigenvalue weighted by atomic mass is 35.5. The first kappa shape index (κ1) is 24.5. The van der Waals surface area contributed by atoms with E-state index < -0.39 is 5.60 Å². The molecule has 1 amide bonds. The molecule has 2 aliphatic rings. The van der Waals surface area contributed by atoms with Crippen molar-refractivity contribution in [1.29, 1.82) is 0 Å². The van der Waals surface area contributed by atoms with Gasteiger partial charge in [0.1, 0.15) is 15.8 Å². The van der Waals surface area contributed by atoms with Gasteiger partial charge in [0.25, 0.3) is 0 Å². The average molecular weight is 535 g/mol. The molecule has 0 atom stereocenters. The van der Waals surface area contributed by atoms with Gasteiger partial charge in [-0.3, -0.25) is 9.47 Å². The van der Waals surface area contributed by atoms with Crippen molar-refractivity contribution in [3.63, 3.8) is 0 Å². The van der Waals surface area contributed by atoms with Crippen molar-refractivity contribution >= 4 is 40.6 Å². The zero-order chi connectivity index (χ0) is 24.9. The van der Waals surface area contributed by atoms with E-state index in [1.165, 1.54) is 0 Å². The Balaban J connectivity index is 1.44. The summed E-state index contributed by atoms with van der Waals surface area (Å²) in [6, 6.07) is 5.79. The monoisotopic (exact) mass is 533 g/mol. The molecule has 0 radical (unpaired) electrons. The molecule has 3 heterocycles. The third kappa shape index (κ3) is 5.06. The average Bonchev–Trinajstić information content (AvgIpc) is 3.30. The van der Waals surface area contributed by atoms with Gasteiger partial charge in [-0.25, -0.2) is 9.78 Å². The SMILES string of the molecule is Cc1nc([C@H]2CC[C@H](c3nnc4n3-c3ccc(Cl)cc3CN(C(=O)OC(C)(C)C)C4)CC2)sc1Cl. The van der Waals surface area contributed by atoms with Crippen molar-refractivity contribution < 1.29 is 9.53 Å². The molecular formula is C25H29Cl2N5O2S. The van der Waals surface area contributed by atoms with Gasteiger partial charge in [-0.05, 0) is 77.1 Å². The van der Waals surface area contributed by atoms with Crippen LogP contribution < -0.4 is 0 Å². The molecule has 1 aliphatic carbocycles. The van der Waals surface area contributed by atoms with Gasteiger partial charge < -0.3 is 4.74 Å². The standard InChI is InChI=1S/C25H29Cl2N5O2S/c1-14-21(27)35-23(28-14)16-7-5-15(6-8-16)22-30-29-20-13-31(24(33)34-25(2,3)4)12-17-11-18(26)9-10-19(17)32(20)22/h9-11,15-16H,5-8,12-13H2,1-4H3/t15-,16-. The number of carbonyl (C=O) groups is 1. The van der Waals surface area contributed by atoms with Gasteiger partial charge in [-0.15, -0.1) is 21.5 Å². The molecule has 0 bridgehead atoms. The highest BCUT2D eigenvalue weighted by molar-refractivity contribution is 7.16. The van der Waals surface area contributed by atoms with Gasteiger partial charge in [0.05, 0.1) is 29.5 Å². The summed E-state index contributed by atoms with van der Waals surface area (Å²) in [5, 5.41) is 10.9. The van der Waals surface area contributed by atoms with Gasteiger partial charge >= 0.3 is 6.09 Å². The first-order chi connectivity index (χ1) is 16.6. The minimum absolute atomic E-state index is 0.278. The molecule has 0 N–H and O–H groups in total. The Morgan fingerprint density at radius 1 is 1.09 bits per heavy atom. The Kier molecular flexibility index (Phi) is 6.57. The summed E-state index contributed by atoms with van der Waals surface area (Å²) in [5.41, 5.74) is 2.25. The number of aromatic nitrogens is 4. The third-order valence-electron chi connectivity index (χ3n) is 6.58. The Morgan fingerprint density at radius 2 is 1.80 bits per heavy atom. The molecule has 35 heavy (non-hydrogen) atoms. The zero-order valence-electron chi connectivity index (χ0n) is 20.3. The summed E-state index contributed by atoms with van der Waals surface area (Å²) in [7, 11) is 0. The number of halogens is 2. The highest BCUT2D eigenvalue weighted by Gasteiger charge is 2.33. The van der Waals surface area contributed by atoms with Crippen molar-refractivity contribution in [2.24, 2.45) is 0 Å². The minimum atomic E-state index is -0.585. The maximum absolute atomic E-state index is 13.0. The van der Waals surface area contributed by atoms with Crippen molar-refractivity contribution in [1.82, 2.24) is 24.6 Å². The Morgan fingerprint density at radius 3 is 2.46 bits per heavy atom. The molecule has 1 saturated carbocycles. The van der Waals surface area contributed by atoms with Gasteiger partial charge in [0, 0.05) is 16.9 Å². The number of amides is 1. The topological polar surface area (TPSA) is 73.1 Å². The first-order valence-electron chi connectivity index (χ1n) is 11.9. The van der Waals surface area contributed by atoms with Gasteiger partial charge in [-0.2, -0.15) is 0 Å². The van der Waals surface area contributed by atoms with Crippen LogP contribution in [0.15, 0.2) is 18.2 Å². The molecule has 1 fully saturated rings. The van der Waals surface area contributed by atoms with Gasteiger partial charge in [0.2, 0.25) is 0 Å². The van der Waals surface area contributed by atoms with Crippen LogP contribution in [-0.2, 0) is 17.8 Å². The predicted molar refractivity (Wildman–Crippen MR) is 138 cm³/mol. The predicted octanol–water partition coefficient (Wildman–Crippen LogP) is 7.03. The van der Waals surface area contributed by atoms with Crippen LogP contribution in [0.3, 0.4) is 0 Å². The van der Waals surface area contributed by atoms with E-state index >= 15 is 0 Å². The Labute approximate surface area is 219 Å². The molecule has 186 valence electrons. The number of thiazole rings is 1. The number of carbonyl (C=O) groups excluding carboxylic acids is 1. The maximum Gasteiger partial charge on any atom is 0.411 e. The Hall–Kier alpha value is -2.16. The van der Waals surface area contributed by atoms with Crippen LogP contribution in [-0.4, -0.2) is 36.3 Å². The van der Waals surface area contributed by atoms with E-state index in [-0.39, 0.29) is 12.0 Å². The van der Waals surface area contributed by atoms with E-state index in [4.69, 9.17) is 27.9 Å². The second kappa shape index (κ2) is 9.37.